The summed E-state index contributed by atoms with van der Waals surface area (Å²) < 4.78 is 5.38. The van der Waals surface area contributed by atoms with E-state index in [1.807, 2.05) is 17.9 Å². The zero-order chi connectivity index (χ0) is 13.7. The number of nitrogens with zero attached hydrogens (tertiary/aromatic N) is 1. The van der Waals surface area contributed by atoms with E-state index in [2.05, 4.69) is 5.32 Å². The lowest BCUT2D eigenvalue weighted by molar-refractivity contribution is 0.0742. The van der Waals surface area contributed by atoms with Gasteiger partial charge in [0.25, 0.3) is 5.91 Å². The summed E-state index contributed by atoms with van der Waals surface area (Å²) in [5.41, 5.74) is 1.47. The number of ether oxygens (including phenoxy) is 1. The van der Waals surface area contributed by atoms with Crippen molar-refractivity contribution in [1.29, 1.82) is 0 Å². The van der Waals surface area contributed by atoms with E-state index in [1.54, 1.807) is 12.1 Å². The van der Waals surface area contributed by atoms with Gasteiger partial charge in [-0.3, -0.25) is 4.79 Å². The fourth-order valence-electron chi connectivity index (χ4n) is 2.16. The Bertz CT molecular complexity index is 443. The second-order valence-corrected chi connectivity index (χ2v) is 4.91. The molecule has 1 aromatic rings. The molecule has 1 aromatic carbocycles. The number of carbonyl (C=O) groups is 1. The van der Waals surface area contributed by atoms with Gasteiger partial charge in [-0.1, -0.05) is 11.6 Å². The Morgan fingerprint density at radius 3 is 3.05 bits per heavy atom. The number of nitrogens with one attached hydrogen (secondary N) is 1. The van der Waals surface area contributed by atoms with Crippen molar-refractivity contribution in [2.45, 2.75) is 13.3 Å². The van der Waals surface area contributed by atoms with Crippen LogP contribution in [0.5, 0.6) is 0 Å². The van der Waals surface area contributed by atoms with Crippen LogP contribution in [0.25, 0.3) is 0 Å². The van der Waals surface area contributed by atoms with E-state index in [0.29, 0.717) is 23.7 Å². The summed E-state index contributed by atoms with van der Waals surface area (Å²) >= 11 is 6.01. The molecule has 5 heteroatoms. The molecule has 1 saturated heterocycles. The van der Waals surface area contributed by atoms with Crippen molar-refractivity contribution < 1.29 is 9.53 Å². The third kappa shape index (κ3) is 3.61. The molecule has 1 N–H and O–H groups in total. The highest BCUT2D eigenvalue weighted by molar-refractivity contribution is 6.31. The lowest BCUT2D eigenvalue weighted by Gasteiger charge is -2.21. The molecule has 2 rings (SSSR count). The molecule has 4 nitrogen and oxygen atoms in total. The van der Waals surface area contributed by atoms with Gasteiger partial charge in [0.05, 0.1) is 12.2 Å². The standard InChI is InChI=1S/C14H19ClN2O2/c1-2-16-13-5-4-11(15)10-12(13)14(18)17-6-3-8-19-9-7-17/h4-5,10,16H,2-3,6-9H2,1H3. The maximum atomic E-state index is 12.6. The lowest BCUT2D eigenvalue weighted by Crippen LogP contribution is -2.33. The summed E-state index contributed by atoms with van der Waals surface area (Å²) in [4.78, 5) is 14.4. The summed E-state index contributed by atoms with van der Waals surface area (Å²) in [6.07, 6.45) is 0.878. The van der Waals surface area contributed by atoms with Crippen LogP contribution >= 0.6 is 11.6 Å². The Balaban J connectivity index is 2.23. The Kier molecular flexibility index (Phi) is 5.05. The minimum absolute atomic E-state index is 0.0175. The largest absolute Gasteiger partial charge is 0.385 e. The summed E-state index contributed by atoms with van der Waals surface area (Å²) in [6, 6.07) is 5.38. The van der Waals surface area contributed by atoms with Gasteiger partial charge in [-0.15, -0.1) is 0 Å². The monoisotopic (exact) mass is 282 g/mol. The van der Waals surface area contributed by atoms with Crippen molar-refractivity contribution in [3.8, 4) is 0 Å². The van der Waals surface area contributed by atoms with E-state index >= 15 is 0 Å². The van der Waals surface area contributed by atoms with Crippen molar-refractivity contribution in [1.82, 2.24) is 4.90 Å². The Hall–Kier alpha value is -1.26. The number of hydrogen-bond donors (Lipinski definition) is 1. The zero-order valence-electron chi connectivity index (χ0n) is 11.1. The molecule has 0 unspecified atom stereocenters. The van der Waals surface area contributed by atoms with Crippen LogP contribution in [0.15, 0.2) is 18.2 Å². The van der Waals surface area contributed by atoms with Crippen LogP contribution in [0.4, 0.5) is 5.69 Å². The molecule has 0 atom stereocenters. The van der Waals surface area contributed by atoms with Crippen LogP contribution < -0.4 is 5.32 Å². The van der Waals surface area contributed by atoms with Crippen molar-refractivity contribution in [3.63, 3.8) is 0 Å². The second kappa shape index (κ2) is 6.78. The molecular weight excluding hydrogens is 264 g/mol. The Morgan fingerprint density at radius 2 is 2.26 bits per heavy atom. The zero-order valence-corrected chi connectivity index (χ0v) is 11.9. The molecule has 1 fully saturated rings. The SMILES string of the molecule is CCNc1ccc(Cl)cc1C(=O)N1CCCOCC1. The van der Waals surface area contributed by atoms with Crippen LogP contribution in [-0.4, -0.2) is 43.7 Å². The highest BCUT2D eigenvalue weighted by Crippen LogP contribution is 2.22. The fraction of sp³-hybridized carbons (Fsp3) is 0.500. The lowest BCUT2D eigenvalue weighted by atomic mass is 10.1. The minimum Gasteiger partial charge on any atom is -0.385 e. The van der Waals surface area contributed by atoms with E-state index in [-0.39, 0.29) is 5.91 Å². The molecule has 1 amide bonds. The van der Waals surface area contributed by atoms with Crippen LogP contribution in [0.2, 0.25) is 5.02 Å². The van der Waals surface area contributed by atoms with Crippen molar-refractivity contribution in [2.75, 3.05) is 38.2 Å². The maximum Gasteiger partial charge on any atom is 0.256 e. The number of anilines is 1. The van der Waals surface area contributed by atoms with Gasteiger partial charge < -0.3 is 15.0 Å². The second-order valence-electron chi connectivity index (χ2n) is 4.48. The topological polar surface area (TPSA) is 41.6 Å². The molecule has 1 heterocycles. The van der Waals surface area contributed by atoms with E-state index in [4.69, 9.17) is 16.3 Å². The van der Waals surface area contributed by atoms with Gasteiger partial charge >= 0.3 is 0 Å². The first kappa shape index (κ1) is 14.2. The highest BCUT2D eigenvalue weighted by Gasteiger charge is 2.20. The van der Waals surface area contributed by atoms with Crippen LogP contribution in [0, 0.1) is 0 Å². The average molecular weight is 283 g/mol. The fourth-order valence-corrected chi connectivity index (χ4v) is 2.33. The normalized spacial score (nSPS) is 16.0. The number of hydrogen-bond acceptors (Lipinski definition) is 3. The van der Waals surface area contributed by atoms with E-state index < -0.39 is 0 Å². The molecule has 0 saturated carbocycles. The molecule has 1 aliphatic rings. The third-order valence-electron chi connectivity index (χ3n) is 3.09. The first-order valence-corrected chi connectivity index (χ1v) is 7.00. The summed E-state index contributed by atoms with van der Waals surface area (Å²) in [6.45, 7) is 5.46. The smallest absolute Gasteiger partial charge is 0.256 e. The molecule has 0 aliphatic carbocycles. The molecular formula is C14H19ClN2O2. The van der Waals surface area contributed by atoms with E-state index in [9.17, 15) is 4.79 Å². The van der Waals surface area contributed by atoms with Gasteiger partial charge in [-0.2, -0.15) is 0 Å². The number of benzene rings is 1. The Labute approximate surface area is 118 Å². The van der Waals surface area contributed by atoms with Gasteiger partial charge in [0.1, 0.15) is 0 Å². The predicted molar refractivity (Wildman–Crippen MR) is 77.0 cm³/mol. The quantitative estimate of drug-likeness (QED) is 0.927. The van der Waals surface area contributed by atoms with Gasteiger partial charge in [-0.25, -0.2) is 0 Å². The van der Waals surface area contributed by atoms with Crippen LogP contribution in [-0.2, 0) is 4.74 Å². The van der Waals surface area contributed by atoms with Gasteiger partial charge in [0.15, 0.2) is 0 Å². The average Bonchev–Trinajstić information content (AvgIpc) is 2.69. The van der Waals surface area contributed by atoms with E-state index in [0.717, 1.165) is 31.8 Å². The highest BCUT2D eigenvalue weighted by atomic mass is 35.5. The first-order chi connectivity index (χ1) is 9.22. The Morgan fingerprint density at radius 1 is 1.42 bits per heavy atom. The number of halogens is 1. The van der Waals surface area contributed by atoms with Gasteiger partial charge in [0, 0.05) is 37.0 Å². The molecule has 0 bridgehead atoms. The summed E-state index contributed by atoms with van der Waals surface area (Å²) in [7, 11) is 0. The van der Waals surface area contributed by atoms with Crippen molar-refractivity contribution in [3.05, 3.63) is 28.8 Å². The number of amides is 1. The maximum absolute atomic E-state index is 12.6. The van der Waals surface area contributed by atoms with Crippen molar-refractivity contribution >= 4 is 23.2 Å². The molecule has 104 valence electrons. The van der Waals surface area contributed by atoms with Crippen molar-refractivity contribution in [2.24, 2.45) is 0 Å². The summed E-state index contributed by atoms with van der Waals surface area (Å²) in [5, 5.41) is 3.78. The molecule has 0 spiro atoms. The molecule has 0 aromatic heterocycles. The third-order valence-corrected chi connectivity index (χ3v) is 3.32. The van der Waals surface area contributed by atoms with E-state index in [1.165, 1.54) is 0 Å². The minimum atomic E-state index is 0.0175. The van der Waals surface area contributed by atoms with Crippen LogP contribution in [0.1, 0.15) is 23.7 Å². The van der Waals surface area contributed by atoms with Crippen LogP contribution in [0.3, 0.4) is 0 Å². The first-order valence-electron chi connectivity index (χ1n) is 6.63. The molecule has 0 radical (unpaired) electrons. The predicted octanol–water partition coefficient (Wildman–Crippen LogP) is 2.63. The number of rotatable bonds is 3. The van der Waals surface area contributed by atoms with Gasteiger partial charge in [0.2, 0.25) is 0 Å². The van der Waals surface area contributed by atoms with Gasteiger partial charge in [-0.05, 0) is 31.5 Å². The summed E-state index contributed by atoms with van der Waals surface area (Å²) in [5.74, 6) is 0.0175. The molecule has 19 heavy (non-hydrogen) atoms. The number of carbonyl (C=O) groups excluding carboxylic acids is 1. The molecule has 1 aliphatic heterocycles.